The van der Waals surface area contributed by atoms with E-state index in [1.54, 1.807) is 6.92 Å². The normalized spacial score (nSPS) is 17.5. The molecule has 0 spiro atoms. The van der Waals surface area contributed by atoms with Crippen LogP contribution in [0.5, 0.6) is 11.5 Å². The summed E-state index contributed by atoms with van der Waals surface area (Å²) in [5.41, 5.74) is 5.67. The van der Waals surface area contributed by atoms with Gasteiger partial charge in [0.1, 0.15) is 6.02 Å². The second-order valence-corrected chi connectivity index (χ2v) is 3.48. The lowest BCUT2D eigenvalue weighted by Crippen LogP contribution is -2.34. The van der Waals surface area contributed by atoms with Crippen molar-refractivity contribution < 1.29 is 22.5 Å². The van der Waals surface area contributed by atoms with Crippen molar-refractivity contribution in [1.29, 1.82) is 0 Å². The van der Waals surface area contributed by atoms with Crippen molar-refractivity contribution in [3.63, 3.8) is 0 Å². The molecule has 0 radical (unpaired) electrons. The summed E-state index contributed by atoms with van der Waals surface area (Å²) in [6, 6.07) is 1.30. The number of carbonyl (C=O) groups excluding carboxylic acids is 1. The highest BCUT2D eigenvalue weighted by atomic mass is 16.5. The highest BCUT2D eigenvalue weighted by Gasteiger charge is 2.15. The molecule has 2 unspecified atom stereocenters. The Hall–Kier alpha value is -1.75. The highest BCUT2D eigenvalue weighted by molar-refractivity contribution is 5.75. The molecule has 5 heteroatoms. The first kappa shape index (κ1) is 10.4. The van der Waals surface area contributed by atoms with Gasteiger partial charge in [0, 0.05) is 1.37 Å². The van der Waals surface area contributed by atoms with Crippen LogP contribution in [0, 0.1) is 0 Å². The quantitative estimate of drug-likeness (QED) is 0.526. The zero-order valence-electron chi connectivity index (χ0n) is 11.5. The molecule has 0 heterocycles. The Morgan fingerprint density at radius 1 is 1.59 bits per heavy atom. The van der Waals surface area contributed by atoms with Crippen molar-refractivity contribution in [3.8, 4) is 11.5 Å². The van der Waals surface area contributed by atoms with E-state index in [0.717, 1.165) is 6.07 Å². The molecule has 1 rings (SSSR count). The average Bonchev–Trinajstić information content (AvgIpc) is 2.38. The van der Waals surface area contributed by atoms with Gasteiger partial charge in [-0.15, -0.1) is 0 Å². The molecular weight excluding hydrogens is 222 g/mol. The van der Waals surface area contributed by atoms with Crippen LogP contribution in [0.4, 0.5) is 0 Å². The second kappa shape index (κ2) is 6.10. The third-order valence-electron chi connectivity index (χ3n) is 1.99. The molecule has 0 aliphatic heterocycles. The van der Waals surface area contributed by atoms with Crippen molar-refractivity contribution in [3.05, 3.63) is 23.8 Å². The molecule has 0 saturated carbocycles. The predicted molar refractivity (Wildman–Crippen MR) is 62.7 cm³/mol. The van der Waals surface area contributed by atoms with Crippen LogP contribution >= 0.6 is 0 Å². The van der Waals surface area contributed by atoms with E-state index in [0.29, 0.717) is 6.42 Å². The lowest BCUT2D eigenvalue weighted by molar-refractivity contribution is -0.145. The molecule has 1 aromatic carbocycles. The second-order valence-electron chi connectivity index (χ2n) is 3.48. The number of hydrogen-bond acceptors (Lipinski definition) is 5. The molecule has 1 aromatic rings. The van der Waals surface area contributed by atoms with Crippen molar-refractivity contribution in [2.75, 3.05) is 6.61 Å². The van der Waals surface area contributed by atoms with Gasteiger partial charge in [0.25, 0.3) is 0 Å². The average molecular weight is 241 g/mol. The molecule has 94 valence electrons. The summed E-state index contributed by atoms with van der Waals surface area (Å²) in [5.74, 6) is -1.79. The van der Waals surface area contributed by atoms with Crippen molar-refractivity contribution in [1.82, 2.24) is 0 Å². The number of benzene rings is 1. The molecule has 0 aliphatic carbocycles. The van der Waals surface area contributed by atoms with E-state index in [4.69, 9.17) is 13.2 Å². The Bertz CT molecular complexity index is 465. The van der Waals surface area contributed by atoms with Crippen LogP contribution < -0.4 is 5.73 Å². The third-order valence-corrected chi connectivity index (χ3v) is 1.99. The Labute approximate surface area is 103 Å². The van der Waals surface area contributed by atoms with E-state index < -0.39 is 24.1 Å². The Balaban J connectivity index is 2.93. The van der Waals surface area contributed by atoms with Crippen molar-refractivity contribution >= 4 is 5.97 Å². The number of phenols is 2. The standard InChI is InChI=1S/C12H17NO4/c1-2-5-17-12(16)9(13)6-8-3-4-10(14)11(15)7-8/h3-4,7,9,14-15H,2,5-6,13H2,1H3/i6D,9D. The van der Waals surface area contributed by atoms with Gasteiger partial charge in [0.15, 0.2) is 11.5 Å². The fourth-order valence-electron chi connectivity index (χ4n) is 1.15. The van der Waals surface area contributed by atoms with Crippen LogP contribution in [0.25, 0.3) is 0 Å². The minimum atomic E-state index is -2.28. The van der Waals surface area contributed by atoms with Gasteiger partial charge in [-0.05, 0) is 30.5 Å². The number of aromatic hydroxyl groups is 2. The first-order chi connectivity index (χ1) is 8.80. The molecule has 17 heavy (non-hydrogen) atoms. The molecule has 2 atom stereocenters. The lowest BCUT2D eigenvalue weighted by Gasteiger charge is -2.11. The summed E-state index contributed by atoms with van der Waals surface area (Å²) in [6.45, 7) is 1.93. The summed E-state index contributed by atoms with van der Waals surface area (Å²) in [6.07, 6.45) is -0.854. The lowest BCUT2D eigenvalue weighted by atomic mass is 10.1. The van der Waals surface area contributed by atoms with E-state index >= 15 is 0 Å². The third kappa shape index (κ3) is 3.96. The van der Waals surface area contributed by atoms with Gasteiger partial charge in [0.2, 0.25) is 0 Å². The van der Waals surface area contributed by atoms with Crippen LogP contribution in [0.1, 0.15) is 21.6 Å². The molecule has 0 saturated heterocycles. The SMILES string of the molecule is [2H]C(c1ccc(O)c(O)c1)C([2H])(N)C(=O)OCCC. The van der Waals surface area contributed by atoms with Crippen LogP contribution in [-0.2, 0) is 15.9 Å². The van der Waals surface area contributed by atoms with Crippen LogP contribution in [0.2, 0.25) is 0 Å². The highest BCUT2D eigenvalue weighted by Crippen LogP contribution is 2.25. The Morgan fingerprint density at radius 3 is 2.88 bits per heavy atom. The maximum atomic E-state index is 11.6. The monoisotopic (exact) mass is 241 g/mol. The van der Waals surface area contributed by atoms with Crippen LogP contribution in [-0.4, -0.2) is 28.8 Å². The summed E-state index contributed by atoms with van der Waals surface area (Å²) < 4.78 is 20.4. The topological polar surface area (TPSA) is 92.8 Å². The molecule has 4 N–H and O–H groups in total. The maximum Gasteiger partial charge on any atom is 0.323 e. The van der Waals surface area contributed by atoms with E-state index in [2.05, 4.69) is 0 Å². The largest absolute Gasteiger partial charge is 0.504 e. The fraction of sp³-hybridized carbons (Fsp3) is 0.417. The maximum absolute atomic E-state index is 11.6. The van der Waals surface area contributed by atoms with Gasteiger partial charge >= 0.3 is 5.97 Å². The zero-order chi connectivity index (χ0) is 14.6. The summed E-state index contributed by atoms with van der Waals surface area (Å²) in [4.78, 5) is 11.6. The van der Waals surface area contributed by atoms with E-state index in [-0.39, 0.29) is 17.9 Å². The number of rotatable bonds is 5. The van der Waals surface area contributed by atoms with Gasteiger partial charge in [-0.3, -0.25) is 4.79 Å². The van der Waals surface area contributed by atoms with Crippen molar-refractivity contribution in [2.24, 2.45) is 5.73 Å². The molecule has 5 nitrogen and oxygen atoms in total. The Kier molecular flexibility index (Phi) is 3.73. The van der Waals surface area contributed by atoms with Crippen molar-refractivity contribution in [2.45, 2.75) is 25.8 Å². The minimum Gasteiger partial charge on any atom is -0.504 e. The smallest absolute Gasteiger partial charge is 0.323 e. The van der Waals surface area contributed by atoms with Crippen LogP contribution in [0.3, 0.4) is 0 Å². The number of phenolic OH excluding ortho intramolecular Hbond substituents is 2. The first-order valence-electron chi connectivity index (χ1n) is 6.28. The fourth-order valence-corrected chi connectivity index (χ4v) is 1.15. The molecular formula is C12H17NO4. The molecule has 0 bridgehead atoms. The van der Waals surface area contributed by atoms with E-state index in [1.165, 1.54) is 12.1 Å². The van der Waals surface area contributed by atoms with Gasteiger partial charge < -0.3 is 20.7 Å². The number of hydrogen-bond donors (Lipinski definition) is 3. The number of esters is 1. The predicted octanol–water partition coefficient (Wildman–Crippen LogP) is 0.921. The summed E-state index contributed by atoms with van der Waals surface area (Å²) >= 11 is 0. The zero-order valence-corrected chi connectivity index (χ0v) is 9.51. The van der Waals surface area contributed by atoms with Crippen LogP contribution in [0.15, 0.2) is 18.2 Å². The summed E-state index contributed by atoms with van der Waals surface area (Å²) in [7, 11) is 0. The minimum absolute atomic E-state index is 0.129. The molecule has 0 amide bonds. The molecule has 0 fully saturated rings. The van der Waals surface area contributed by atoms with E-state index in [9.17, 15) is 15.0 Å². The number of nitrogens with two attached hydrogens (primary N) is 1. The first-order valence-corrected chi connectivity index (χ1v) is 5.21. The van der Waals surface area contributed by atoms with Gasteiger partial charge in [-0.25, -0.2) is 0 Å². The Morgan fingerprint density at radius 2 is 2.29 bits per heavy atom. The molecule has 0 aromatic heterocycles. The molecule has 0 aliphatic rings. The summed E-state index contributed by atoms with van der Waals surface area (Å²) in [5, 5.41) is 18.5. The van der Waals surface area contributed by atoms with Gasteiger partial charge in [-0.2, -0.15) is 0 Å². The van der Waals surface area contributed by atoms with E-state index in [1.807, 2.05) is 0 Å². The van der Waals surface area contributed by atoms with Gasteiger partial charge in [-0.1, -0.05) is 13.0 Å². The van der Waals surface area contributed by atoms with Gasteiger partial charge in [0.05, 0.1) is 7.98 Å². The number of ether oxygens (including phenoxy) is 1. The number of carbonyl (C=O) groups is 1.